The van der Waals surface area contributed by atoms with E-state index in [1.165, 1.54) is 0 Å². The summed E-state index contributed by atoms with van der Waals surface area (Å²) >= 11 is 0. The predicted octanol–water partition coefficient (Wildman–Crippen LogP) is 3.24. The Bertz CT molecular complexity index is 824. The summed E-state index contributed by atoms with van der Waals surface area (Å²) in [5, 5.41) is 14.3. The van der Waals surface area contributed by atoms with E-state index in [1.807, 2.05) is 48.5 Å². The fourth-order valence-corrected chi connectivity index (χ4v) is 2.25. The monoisotopic (exact) mass is 337 g/mol. The molecule has 0 aliphatic carbocycles. The molecule has 3 rings (SSSR count). The van der Waals surface area contributed by atoms with Crippen molar-refractivity contribution in [2.24, 2.45) is 0 Å². The number of methoxy groups -OCH3 is 2. The number of benzene rings is 2. The molecule has 128 valence electrons. The number of nitrogens with one attached hydrogen (secondary N) is 2. The molecule has 2 aromatic carbocycles. The average molecular weight is 337 g/mol. The van der Waals surface area contributed by atoms with E-state index >= 15 is 0 Å². The van der Waals surface area contributed by atoms with Gasteiger partial charge in [-0.05, 0) is 29.8 Å². The van der Waals surface area contributed by atoms with Gasteiger partial charge in [0.2, 0.25) is 5.95 Å². The quantitative estimate of drug-likeness (QED) is 0.685. The Morgan fingerprint density at radius 3 is 2.52 bits per heavy atom. The number of hydrogen-bond acceptors (Lipinski definition) is 7. The van der Waals surface area contributed by atoms with Crippen LogP contribution in [0.1, 0.15) is 5.56 Å². The van der Waals surface area contributed by atoms with Gasteiger partial charge in [0.25, 0.3) is 0 Å². The van der Waals surface area contributed by atoms with Crippen molar-refractivity contribution in [1.29, 1.82) is 0 Å². The van der Waals surface area contributed by atoms with E-state index in [4.69, 9.17) is 9.47 Å². The van der Waals surface area contributed by atoms with Crippen LogP contribution in [0, 0.1) is 0 Å². The molecule has 0 saturated carbocycles. The van der Waals surface area contributed by atoms with Crippen molar-refractivity contribution < 1.29 is 9.47 Å². The first-order valence-corrected chi connectivity index (χ1v) is 7.75. The Morgan fingerprint density at radius 2 is 1.76 bits per heavy atom. The van der Waals surface area contributed by atoms with Gasteiger partial charge >= 0.3 is 0 Å². The molecule has 0 radical (unpaired) electrons. The lowest BCUT2D eigenvalue weighted by Crippen LogP contribution is -2.06. The Balaban J connectivity index is 1.66. The maximum atomic E-state index is 5.31. The fraction of sp³-hybridized carbons (Fsp3) is 0.167. The first-order chi connectivity index (χ1) is 12.3. The first kappa shape index (κ1) is 16.5. The van der Waals surface area contributed by atoms with Crippen molar-refractivity contribution in [2.45, 2.75) is 6.54 Å². The SMILES string of the molecule is COc1ccc(CNc2cnnc(Nc3ccccc3OC)n2)cc1. The topological polar surface area (TPSA) is 81.2 Å². The van der Waals surface area contributed by atoms with E-state index < -0.39 is 0 Å². The van der Waals surface area contributed by atoms with Gasteiger partial charge in [-0.3, -0.25) is 0 Å². The van der Waals surface area contributed by atoms with Crippen LogP contribution in [-0.4, -0.2) is 29.4 Å². The zero-order chi connectivity index (χ0) is 17.5. The van der Waals surface area contributed by atoms with Crippen LogP contribution in [0.15, 0.2) is 54.7 Å². The van der Waals surface area contributed by atoms with Gasteiger partial charge in [0.15, 0.2) is 5.82 Å². The van der Waals surface area contributed by atoms with Gasteiger partial charge in [-0.2, -0.15) is 10.1 Å². The van der Waals surface area contributed by atoms with Gasteiger partial charge in [-0.25, -0.2) is 0 Å². The predicted molar refractivity (Wildman–Crippen MR) is 96.4 cm³/mol. The van der Waals surface area contributed by atoms with Crippen LogP contribution in [0.5, 0.6) is 11.5 Å². The van der Waals surface area contributed by atoms with Gasteiger partial charge < -0.3 is 20.1 Å². The molecule has 0 atom stereocenters. The van der Waals surface area contributed by atoms with Gasteiger partial charge in [0.1, 0.15) is 11.5 Å². The number of nitrogens with zero attached hydrogens (tertiary/aromatic N) is 3. The summed E-state index contributed by atoms with van der Waals surface area (Å²) in [6.45, 7) is 0.622. The van der Waals surface area contributed by atoms with Crippen molar-refractivity contribution in [3.63, 3.8) is 0 Å². The lowest BCUT2D eigenvalue weighted by molar-refractivity contribution is 0.414. The Morgan fingerprint density at radius 1 is 0.960 bits per heavy atom. The molecule has 0 bridgehead atoms. The summed E-state index contributed by atoms with van der Waals surface area (Å²) in [6.07, 6.45) is 1.58. The van der Waals surface area contributed by atoms with Crippen LogP contribution in [0.3, 0.4) is 0 Å². The van der Waals surface area contributed by atoms with Gasteiger partial charge in [-0.1, -0.05) is 24.3 Å². The Hall–Kier alpha value is -3.35. The molecule has 7 nitrogen and oxygen atoms in total. The smallest absolute Gasteiger partial charge is 0.249 e. The normalized spacial score (nSPS) is 10.2. The van der Waals surface area contributed by atoms with Crippen molar-refractivity contribution in [2.75, 3.05) is 24.9 Å². The lowest BCUT2D eigenvalue weighted by atomic mass is 10.2. The molecule has 25 heavy (non-hydrogen) atoms. The van der Waals surface area contributed by atoms with Gasteiger partial charge in [0.05, 0.1) is 26.1 Å². The summed E-state index contributed by atoms with van der Waals surface area (Å²) in [7, 11) is 3.27. The lowest BCUT2D eigenvalue weighted by Gasteiger charge is -2.10. The van der Waals surface area contributed by atoms with Crippen molar-refractivity contribution in [1.82, 2.24) is 15.2 Å². The molecule has 0 spiro atoms. The molecule has 0 saturated heterocycles. The third-order valence-electron chi connectivity index (χ3n) is 3.54. The molecule has 2 N–H and O–H groups in total. The maximum Gasteiger partial charge on any atom is 0.249 e. The number of rotatable bonds is 7. The molecule has 3 aromatic rings. The summed E-state index contributed by atoms with van der Waals surface area (Å²) in [5.74, 6) is 2.56. The van der Waals surface area contributed by atoms with E-state index in [0.29, 0.717) is 24.1 Å². The highest BCUT2D eigenvalue weighted by atomic mass is 16.5. The van der Waals surface area contributed by atoms with Gasteiger partial charge in [0, 0.05) is 6.54 Å². The molecule has 1 heterocycles. The molecule has 0 amide bonds. The highest BCUT2D eigenvalue weighted by Gasteiger charge is 2.05. The molecule has 0 aliphatic heterocycles. The first-order valence-electron chi connectivity index (χ1n) is 7.75. The van der Waals surface area contributed by atoms with E-state index in [1.54, 1.807) is 20.4 Å². The number of para-hydroxylation sites is 2. The van der Waals surface area contributed by atoms with Crippen LogP contribution in [0.25, 0.3) is 0 Å². The Labute approximate surface area is 146 Å². The minimum absolute atomic E-state index is 0.393. The van der Waals surface area contributed by atoms with Crippen LogP contribution >= 0.6 is 0 Å². The minimum Gasteiger partial charge on any atom is -0.497 e. The van der Waals surface area contributed by atoms with E-state index in [0.717, 1.165) is 17.0 Å². The maximum absolute atomic E-state index is 5.31. The second kappa shape index (κ2) is 7.96. The van der Waals surface area contributed by atoms with Crippen molar-refractivity contribution in [3.05, 3.63) is 60.3 Å². The zero-order valence-electron chi connectivity index (χ0n) is 14.1. The van der Waals surface area contributed by atoms with E-state index in [9.17, 15) is 0 Å². The molecule has 7 heteroatoms. The highest BCUT2D eigenvalue weighted by molar-refractivity contribution is 5.62. The fourth-order valence-electron chi connectivity index (χ4n) is 2.25. The number of aromatic nitrogens is 3. The number of hydrogen-bond donors (Lipinski definition) is 2. The summed E-state index contributed by atoms with van der Waals surface area (Å²) in [6, 6.07) is 15.4. The van der Waals surface area contributed by atoms with Gasteiger partial charge in [-0.15, -0.1) is 5.10 Å². The third kappa shape index (κ3) is 4.35. The summed E-state index contributed by atoms with van der Waals surface area (Å²) in [4.78, 5) is 4.42. The van der Waals surface area contributed by atoms with Crippen LogP contribution < -0.4 is 20.1 Å². The molecule has 0 fully saturated rings. The van der Waals surface area contributed by atoms with E-state index in [2.05, 4.69) is 25.8 Å². The van der Waals surface area contributed by atoms with Crippen LogP contribution in [-0.2, 0) is 6.54 Å². The average Bonchev–Trinajstić information content (AvgIpc) is 2.67. The van der Waals surface area contributed by atoms with Crippen molar-refractivity contribution >= 4 is 17.5 Å². The second-order valence-electron chi connectivity index (χ2n) is 5.19. The highest BCUT2D eigenvalue weighted by Crippen LogP contribution is 2.25. The molecule has 0 unspecified atom stereocenters. The van der Waals surface area contributed by atoms with Crippen molar-refractivity contribution in [3.8, 4) is 11.5 Å². The second-order valence-corrected chi connectivity index (χ2v) is 5.19. The standard InChI is InChI=1S/C18H19N5O2/c1-24-14-9-7-13(8-10-14)11-19-17-12-20-23-18(22-17)21-15-5-3-4-6-16(15)25-2/h3-10,12H,11H2,1-2H3,(H2,19,21,22,23). The zero-order valence-corrected chi connectivity index (χ0v) is 14.1. The van der Waals surface area contributed by atoms with E-state index in [-0.39, 0.29) is 0 Å². The number of anilines is 3. The Kier molecular flexibility index (Phi) is 5.26. The summed E-state index contributed by atoms with van der Waals surface area (Å²) in [5.41, 5.74) is 1.89. The van der Waals surface area contributed by atoms with Crippen LogP contribution in [0.2, 0.25) is 0 Å². The number of ether oxygens (including phenoxy) is 2. The van der Waals surface area contributed by atoms with Crippen LogP contribution in [0.4, 0.5) is 17.5 Å². The molecular weight excluding hydrogens is 318 g/mol. The largest absolute Gasteiger partial charge is 0.497 e. The summed E-state index contributed by atoms with van der Waals surface area (Å²) < 4.78 is 10.5. The molecular formula is C18H19N5O2. The molecule has 1 aromatic heterocycles. The molecule has 0 aliphatic rings. The third-order valence-corrected chi connectivity index (χ3v) is 3.54. The minimum atomic E-state index is 0.393.